The van der Waals surface area contributed by atoms with Crippen molar-refractivity contribution in [2.24, 2.45) is 5.92 Å². The topological polar surface area (TPSA) is 52.2 Å². The average Bonchev–Trinajstić information content (AvgIpc) is 3.44. The van der Waals surface area contributed by atoms with E-state index in [4.69, 9.17) is 31.2 Å². The number of ether oxygens (including phenoxy) is 4. The highest BCUT2D eigenvalue weighted by Gasteiger charge is 2.45. The Balaban J connectivity index is 1.25. The largest absolute Gasteiger partial charge is 0.497 e. The Morgan fingerprint density at radius 3 is 2.61 bits per heavy atom. The molecule has 7 heteroatoms. The summed E-state index contributed by atoms with van der Waals surface area (Å²) < 4.78 is 22.0. The Hall–Kier alpha value is -3.45. The Kier molecular flexibility index (Phi) is 5.88. The van der Waals surface area contributed by atoms with Gasteiger partial charge in [-0.25, -0.2) is 0 Å². The quantitative estimate of drug-likeness (QED) is 0.452. The Morgan fingerprint density at radius 1 is 0.972 bits per heavy atom. The van der Waals surface area contributed by atoms with Gasteiger partial charge in [0, 0.05) is 24.7 Å². The molecule has 3 atom stereocenters. The first-order chi connectivity index (χ1) is 17.6. The van der Waals surface area contributed by atoms with E-state index in [1.807, 2.05) is 24.3 Å². The summed E-state index contributed by atoms with van der Waals surface area (Å²) in [7, 11) is 3.33. The molecule has 6 rings (SSSR count). The van der Waals surface area contributed by atoms with Crippen LogP contribution >= 0.6 is 12.2 Å². The highest BCUT2D eigenvalue weighted by Crippen LogP contribution is 2.53. The monoisotopic (exact) mass is 502 g/mol. The maximum Gasteiger partial charge on any atom is 0.231 e. The molecular formula is C29H30N2O4S. The molecule has 186 valence electrons. The molecule has 0 aromatic heterocycles. The highest BCUT2D eigenvalue weighted by atomic mass is 32.1. The van der Waals surface area contributed by atoms with Gasteiger partial charge >= 0.3 is 0 Å². The molecule has 0 amide bonds. The summed E-state index contributed by atoms with van der Waals surface area (Å²) in [5.74, 6) is 4.24. The van der Waals surface area contributed by atoms with Gasteiger partial charge in [-0.3, -0.25) is 0 Å². The predicted octanol–water partition coefficient (Wildman–Crippen LogP) is 5.65. The van der Waals surface area contributed by atoms with Crippen LogP contribution in [0.5, 0.6) is 23.0 Å². The van der Waals surface area contributed by atoms with Crippen molar-refractivity contribution < 1.29 is 18.9 Å². The molecule has 2 unspecified atom stereocenters. The van der Waals surface area contributed by atoms with Crippen molar-refractivity contribution in [3.05, 3.63) is 71.3 Å². The molecule has 3 aromatic rings. The summed E-state index contributed by atoms with van der Waals surface area (Å²) >= 11 is 5.94. The number of methoxy groups -OCH3 is 2. The highest BCUT2D eigenvalue weighted by molar-refractivity contribution is 7.80. The van der Waals surface area contributed by atoms with E-state index in [1.54, 1.807) is 14.2 Å². The van der Waals surface area contributed by atoms with Gasteiger partial charge in [0.2, 0.25) is 6.79 Å². The minimum Gasteiger partial charge on any atom is -0.497 e. The van der Waals surface area contributed by atoms with E-state index in [0.29, 0.717) is 18.4 Å². The number of fused-ring (bicyclic) bond motifs is 6. The van der Waals surface area contributed by atoms with Crippen LogP contribution in [-0.2, 0) is 6.54 Å². The molecule has 1 saturated heterocycles. The van der Waals surface area contributed by atoms with Crippen molar-refractivity contribution >= 4 is 17.3 Å². The SMILES string of the molecule is COc1ccc(CNC(=S)N2CCC3c4ccc(-c5ccc6c(c5)OCO6)cc4C2[C@H]3C)c(OC)c1. The second-order valence-electron chi connectivity index (χ2n) is 9.64. The summed E-state index contributed by atoms with van der Waals surface area (Å²) in [4.78, 5) is 2.38. The second-order valence-corrected chi connectivity index (χ2v) is 10.0. The molecule has 1 fully saturated rings. The van der Waals surface area contributed by atoms with Crippen LogP contribution in [0, 0.1) is 5.92 Å². The van der Waals surface area contributed by atoms with E-state index < -0.39 is 0 Å². The maximum atomic E-state index is 5.94. The first-order valence-corrected chi connectivity index (χ1v) is 12.8. The minimum absolute atomic E-state index is 0.255. The zero-order valence-corrected chi connectivity index (χ0v) is 21.6. The van der Waals surface area contributed by atoms with Crippen molar-refractivity contribution in [1.29, 1.82) is 0 Å². The van der Waals surface area contributed by atoms with Crippen molar-refractivity contribution in [2.75, 3.05) is 27.6 Å². The van der Waals surface area contributed by atoms with Crippen LogP contribution in [0.25, 0.3) is 11.1 Å². The van der Waals surface area contributed by atoms with E-state index >= 15 is 0 Å². The number of thiocarbonyl (C=S) groups is 1. The van der Waals surface area contributed by atoms with Gasteiger partial charge in [-0.2, -0.15) is 0 Å². The lowest BCUT2D eigenvalue weighted by molar-refractivity contribution is 0.174. The van der Waals surface area contributed by atoms with Crippen LogP contribution in [0.2, 0.25) is 0 Å². The van der Waals surface area contributed by atoms with Gasteiger partial charge in [-0.05, 0) is 83.1 Å². The molecule has 1 N–H and O–H groups in total. The fraction of sp³-hybridized carbons (Fsp3) is 0.345. The normalized spacial score (nSPS) is 21.2. The van der Waals surface area contributed by atoms with Crippen molar-refractivity contribution in [2.45, 2.75) is 31.8 Å². The van der Waals surface area contributed by atoms with Gasteiger partial charge < -0.3 is 29.2 Å². The fourth-order valence-electron chi connectivity index (χ4n) is 6.00. The van der Waals surface area contributed by atoms with Gasteiger partial charge in [0.15, 0.2) is 16.6 Å². The first kappa shape index (κ1) is 23.0. The molecule has 36 heavy (non-hydrogen) atoms. The number of hydrogen-bond acceptors (Lipinski definition) is 5. The number of piperidine rings is 1. The van der Waals surface area contributed by atoms with Crippen LogP contribution in [0.1, 0.15) is 42.0 Å². The minimum atomic E-state index is 0.255. The van der Waals surface area contributed by atoms with E-state index in [1.165, 1.54) is 16.7 Å². The molecule has 0 spiro atoms. The van der Waals surface area contributed by atoms with Gasteiger partial charge in [-0.1, -0.05) is 25.1 Å². The second kappa shape index (κ2) is 9.21. The third kappa shape index (κ3) is 3.82. The molecule has 2 aliphatic heterocycles. The van der Waals surface area contributed by atoms with Gasteiger partial charge in [0.25, 0.3) is 0 Å². The van der Waals surface area contributed by atoms with Crippen LogP contribution < -0.4 is 24.3 Å². The van der Waals surface area contributed by atoms with E-state index in [-0.39, 0.29) is 12.8 Å². The Morgan fingerprint density at radius 2 is 1.78 bits per heavy atom. The third-order valence-corrected chi connectivity index (χ3v) is 8.22. The lowest BCUT2D eigenvalue weighted by Gasteiger charge is -2.40. The van der Waals surface area contributed by atoms with Crippen LogP contribution in [0.4, 0.5) is 0 Å². The lowest BCUT2D eigenvalue weighted by atomic mass is 9.86. The van der Waals surface area contributed by atoms with Crippen LogP contribution in [-0.4, -0.2) is 37.6 Å². The molecule has 0 saturated carbocycles. The number of benzene rings is 3. The summed E-state index contributed by atoms with van der Waals surface area (Å²) in [6.45, 7) is 4.18. The number of hydrogen-bond donors (Lipinski definition) is 1. The van der Waals surface area contributed by atoms with E-state index in [0.717, 1.165) is 52.2 Å². The number of likely N-dealkylation sites (tertiary alicyclic amines) is 1. The summed E-state index contributed by atoms with van der Waals surface area (Å²) in [5, 5.41) is 4.28. The molecule has 6 nitrogen and oxygen atoms in total. The maximum absolute atomic E-state index is 5.94. The van der Waals surface area contributed by atoms with E-state index in [9.17, 15) is 0 Å². The molecule has 3 aliphatic rings. The van der Waals surface area contributed by atoms with Crippen molar-refractivity contribution in [1.82, 2.24) is 10.2 Å². The van der Waals surface area contributed by atoms with Crippen molar-refractivity contribution in [3.63, 3.8) is 0 Å². The smallest absolute Gasteiger partial charge is 0.231 e. The zero-order chi connectivity index (χ0) is 24.8. The van der Waals surface area contributed by atoms with Gasteiger partial charge in [-0.15, -0.1) is 0 Å². The van der Waals surface area contributed by atoms with Gasteiger partial charge in [0.1, 0.15) is 11.5 Å². The molecule has 3 aromatic carbocycles. The van der Waals surface area contributed by atoms with Crippen LogP contribution in [0.3, 0.4) is 0 Å². The third-order valence-electron chi connectivity index (χ3n) is 7.85. The number of nitrogens with zero attached hydrogens (tertiary/aromatic N) is 1. The molecule has 2 bridgehead atoms. The molecule has 0 radical (unpaired) electrons. The molecular weight excluding hydrogens is 472 g/mol. The lowest BCUT2D eigenvalue weighted by Crippen LogP contribution is -2.46. The first-order valence-electron chi connectivity index (χ1n) is 12.4. The van der Waals surface area contributed by atoms with E-state index in [2.05, 4.69) is 47.5 Å². The predicted molar refractivity (Wildman–Crippen MR) is 143 cm³/mol. The Labute approximate surface area is 217 Å². The molecule has 1 aliphatic carbocycles. The van der Waals surface area contributed by atoms with Crippen LogP contribution in [0.15, 0.2) is 54.6 Å². The van der Waals surface area contributed by atoms with Gasteiger partial charge in [0.05, 0.1) is 20.3 Å². The number of nitrogens with one attached hydrogen (secondary N) is 1. The van der Waals surface area contributed by atoms with Crippen molar-refractivity contribution in [3.8, 4) is 34.1 Å². The number of rotatable bonds is 5. The molecule has 2 heterocycles. The standard InChI is InChI=1S/C29H30N2O4S/c1-17-22-10-11-31(29(36)30-15-20-4-7-21(32-2)14-26(20)33-3)28(17)24-12-18(5-8-23(22)24)19-6-9-25-27(13-19)35-16-34-25/h4-9,12-14,17,22,28H,10-11,15-16H2,1-3H3,(H,30,36)/t17-,22?,28?/m0/s1. The summed E-state index contributed by atoms with van der Waals surface area (Å²) in [6.07, 6.45) is 1.10. The fourth-order valence-corrected chi connectivity index (χ4v) is 6.27. The summed E-state index contributed by atoms with van der Waals surface area (Å²) in [5.41, 5.74) is 6.20. The Bertz CT molecular complexity index is 1330. The summed E-state index contributed by atoms with van der Waals surface area (Å²) in [6, 6.07) is 19.2. The zero-order valence-electron chi connectivity index (χ0n) is 20.7. The average molecular weight is 503 g/mol.